The Balaban J connectivity index is 1.68. The van der Waals surface area contributed by atoms with Crippen LogP contribution in [0.5, 0.6) is 17.2 Å². The van der Waals surface area contributed by atoms with E-state index in [1.165, 1.54) is 18.2 Å². The number of carboxylic acids is 1. The van der Waals surface area contributed by atoms with Crippen molar-refractivity contribution in [3.8, 4) is 28.6 Å². The molecule has 0 unspecified atom stereocenters. The maximum Gasteiger partial charge on any atom is 0.307 e. The maximum atomic E-state index is 12.7. The first kappa shape index (κ1) is 26.5. The molecule has 200 valence electrons. The second-order valence-corrected chi connectivity index (χ2v) is 13.2. The number of halogens is 6. The van der Waals surface area contributed by atoms with Gasteiger partial charge in [-0.1, -0.05) is 46.4 Å². The van der Waals surface area contributed by atoms with Crippen LogP contribution in [0.15, 0.2) is 43.5 Å². The van der Waals surface area contributed by atoms with Crippen molar-refractivity contribution in [3.63, 3.8) is 0 Å². The summed E-state index contributed by atoms with van der Waals surface area (Å²) in [5.74, 6) is -5.99. The van der Waals surface area contributed by atoms with E-state index in [9.17, 15) is 30.0 Å². The molecule has 1 heterocycles. The molecule has 0 aromatic heterocycles. The zero-order valence-corrected chi connectivity index (χ0v) is 23.3. The molecule has 4 N–H and O–H groups in total. The first-order valence-electron chi connectivity index (χ1n) is 11.3. The number of rotatable bonds is 2. The van der Waals surface area contributed by atoms with Crippen LogP contribution in [0.2, 0.25) is 0 Å². The molecule has 0 saturated heterocycles. The molecular weight excluding hydrogens is 625 g/mol. The van der Waals surface area contributed by atoms with E-state index in [0.29, 0.717) is 5.56 Å². The van der Waals surface area contributed by atoms with Crippen LogP contribution in [0.1, 0.15) is 24.3 Å². The Morgan fingerprint density at radius 1 is 1.03 bits per heavy atom. The van der Waals surface area contributed by atoms with Gasteiger partial charge in [-0.2, -0.15) is 0 Å². The van der Waals surface area contributed by atoms with Gasteiger partial charge in [0.15, 0.2) is 17.1 Å². The minimum Gasteiger partial charge on any atom is -0.504 e. The predicted molar refractivity (Wildman–Crippen MR) is 145 cm³/mol. The average molecular weight is 641 g/mol. The lowest BCUT2D eigenvalue weighted by Crippen LogP contribution is -2.81. The quantitative estimate of drug-likeness (QED) is 0.140. The Bertz CT molecular complexity index is 1630. The molecule has 4 aliphatic carbocycles. The number of hydrogen-bond donors (Lipinski definition) is 4. The van der Waals surface area contributed by atoms with Crippen molar-refractivity contribution in [3.05, 3.63) is 50.1 Å². The first-order valence-corrected chi connectivity index (χ1v) is 13.7. The van der Waals surface area contributed by atoms with Crippen LogP contribution in [-0.4, -0.2) is 41.0 Å². The van der Waals surface area contributed by atoms with Crippen LogP contribution in [0.3, 0.4) is 0 Å². The van der Waals surface area contributed by atoms with Gasteiger partial charge in [-0.05, 0) is 54.5 Å². The monoisotopic (exact) mass is 638 g/mol. The number of fused-ring (bicyclic) bond motifs is 2. The molecule has 13 heteroatoms. The minimum atomic E-state index is -1.73. The molecular formula is C25H16Cl6O7. The molecule has 7 nitrogen and oxygen atoms in total. The number of carbonyl (C=O) groups is 1. The third-order valence-electron chi connectivity index (χ3n) is 8.56. The van der Waals surface area contributed by atoms with Gasteiger partial charge in [0.2, 0.25) is 16.9 Å². The van der Waals surface area contributed by atoms with E-state index >= 15 is 0 Å². The van der Waals surface area contributed by atoms with E-state index in [0.717, 1.165) is 6.07 Å². The number of benzene rings is 2. The van der Waals surface area contributed by atoms with E-state index < -0.39 is 66.4 Å². The summed E-state index contributed by atoms with van der Waals surface area (Å²) >= 11 is 40.5. The van der Waals surface area contributed by atoms with Crippen molar-refractivity contribution in [1.82, 2.24) is 0 Å². The number of carboxylic acid groups (broad SMARTS) is 1. The van der Waals surface area contributed by atoms with E-state index in [1.54, 1.807) is 0 Å². The topological polar surface area (TPSA) is 128 Å². The van der Waals surface area contributed by atoms with Crippen LogP contribution in [-0.2, 0) is 4.79 Å². The molecule has 2 bridgehead atoms. The minimum absolute atomic E-state index is 0.0250. The van der Waals surface area contributed by atoms with Crippen molar-refractivity contribution in [2.45, 2.75) is 33.3 Å². The summed E-state index contributed by atoms with van der Waals surface area (Å²) in [6.07, 6.45) is -0.0561. The molecule has 1 aliphatic heterocycles. The van der Waals surface area contributed by atoms with Crippen LogP contribution in [0.25, 0.3) is 22.3 Å². The van der Waals surface area contributed by atoms with Gasteiger partial charge in [0, 0.05) is 16.4 Å². The third kappa shape index (κ3) is 2.85. The predicted octanol–water partition coefficient (Wildman–Crippen LogP) is 6.67. The van der Waals surface area contributed by atoms with E-state index in [4.69, 9.17) is 74.0 Å². The van der Waals surface area contributed by atoms with E-state index in [-0.39, 0.29) is 45.2 Å². The van der Waals surface area contributed by atoms with Crippen LogP contribution >= 0.6 is 69.6 Å². The highest BCUT2D eigenvalue weighted by Crippen LogP contribution is 2.83. The number of hydrogen-bond acceptors (Lipinski definition) is 6. The smallest absolute Gasteiger partial charge is 0.307 e. The molecule has 1 aromatic rings. The highest BCUT2D eigenvalue weighted by Gasteiger charge is 2.86. The summed E-state index contributed by atoms with van der Waals surface area (Å²) in [5.41, 5.74) is -1.68. The van der Waals surface area contributed by atoms with Crippen molar-refractivity contribution in [1.29, 1.82) is 0 Å². The Morgan fingerprint density at radius 2 is 1.71 bits per heavy atom. The second-order valence-electron chi connectivity index (χ2n) is 10.0. The SMILES string of the molecule is O=C(O)[C@H]1C[C@@H]2[C@]3(C[C@@H]1c1c4ccc(=O)c(O)c-4oc4c(O)c(O)ccc14)[C@@H](Cl)C(Cl)=C(Cl)[C@]2(Cl)C3(Cl)Cl. The largest absolute Gasteiger partial charge is 0.504 e. The first-order chi connectivity index (χ1) is 17.7. The zero-order chi connectivity index (χ0) is 27.7. The summed E-state index contributed by atoms with van der Waals surface area (Å²) in [7, 11) is 0. The molecule has 0 radical (unpaired) electrons. The molecule has 0 spiro atoms. The zero-order valence-electron chi connectivity index (χ0n) is 18.8. The summed E-state index contributed by atoms with van der Waals surface area (Å²) in [4.78, 5) is 23.4. The van der Waals surface area contributed by atoms with E-state index in [1.807, 2.05) is 0 Å². The average Bonchev–Trinajstić information content (AvgIpc) is 2.88. The fraction of sp³-hybridized carbons (Fsp3) is 0.360. The lowest BCUT2D eigenvalue weighted by atomic mass is 9.40. The number of aromatic hydroxyl groups is 3. The molecule has 5 aliphatic rings. The van der Waals surface area contributed by atoms with Gasteiger partial charge in [-0.3, -0.25) is 9.59 Å². The van der Waals surface area contributed by atoms with Crippen LogP contribution in [0, 0.1) is 17.3 Å². The lowest BCUT2D eigenvalue weighted by molar-refractivity contribution is -0.152. The number of aliphatic carboxylic acids is 1. The number of phenolic OH excluding ortho intramolecular Hbond substituents is 3. The summed E-state index contributed by atoms with van der Waals surface area (Å²) < 4.78 is 3.96. The Hall–Kier alpha value is -1.74. The van der Waals surface area contributed by atoms with Crippen LogP contribution < -0.4 is 5.43 Å². The molecule has 0 amide bonds. The molecule has 2 saturated carbocycles. The van der Waals surface area contributed by atoms with E-state index in [2.05, 4.69) is 0 Å². The Kier molecular flexibility index (Phi) is 5.68. The van der Waals surface area contributed by atoms with Gasteiger partial charge in [-0.25, -0.2) is 0 Å². The van der Waals surface area contributed by atoms with Crippen LogP contribution in [0.4, 0.5) is 0 Å². The second kappa shape index (κ2) is 8.15. The maximum absolute atomic E-state index is 12.7. The third-order valence-corrected chi connectivity index (χ3v) is 12.6. The lowest BCUT2D eigenvalue weighted by Gasteiger charge is -2.75. The van der Waals surface area contributed by atoms with Gasteiger partial charge in [0.25, 0.3) is 0 Å². The van der Waals surface area contributed by atoms with Crippen molar-refractivity contribution in [2.24, 2.45) is 17.3 Å². The van der Waals surface area contributed by atoms with Crippen molar-refractivity contribution >= 4 is 86.5 Å². The molecule has 2 fully saturated rings. The molecule has 6 rings (SSSR count). The highest BCUT2D eigenvalue weighted by molar-refractivity contribution is 6.61. The van der Waals surface area contributed by atoms with Gasteiger partial charge >= 0.3 is 5.97 Å². The molecule has 6 atom stereocenters. The summed E-state index contributed by atoms with van der Waals surface area (Å²) in [6.45, 7) is 0. The fourth-order valence-corrected chi connectivity index (χ4v) is 10.0. The van der Waals surface area contributed by atoms with Crippen molar-refractivity contribution in [2.75, 3.05) is 0 Å². The van der Waals surface area contributed by atoms with Gasteiger partial charge < -0.3 is 24.8 Å². The van der Waals surface area contributed by atoms with Crippen molar-refractivity contribution < 1.29 is 29.6 Å². The highest BCUT2D eigenvalue weighted by atomic mass is 35.5. The molecule has 38 heavy (non-hydrogen) atoms. The Labute approximate surface area is 244 Å². The van der Waals surface area contributed by atoms with Gasteiger partial charge in [0.05, 0.1) is 21.4 Å². The van der Waals surface area contributed by atoms with Gasteiger partial charge in [0.1, 0.15) is 9.21 Å². The standard InChI is InChI=1S/C25H16Cl6O7/c26-15-20(27)23-6-10(9(22(36)37)5-13(23)24(29,21(15)28)25(23,30)31)14-7-1-3-11(32)16(34)18(7)38-19-8(14)2-4-12(33)17(19)35/h1-4,9-10,13,20,32,34-35H,5-6H2,(H,36,37)/t9-,10-,13+,20-,23+,24-/m0/s1. The number of alkyl halides is 4. The summed E-state index contributed by atoms with van der Waals surface area (Å²) in [5, 5.41) is 40.9. The molecule has 1 aromatic carbocycles. The Morgan fingerprint density at radius 3 is 2.37 bits per heavy atom. The fourth-order valence-electron chi connectivity index (χ4n) is 6.83. The van der Waals surface area contributed by atoms with Gasteiger partial charge in [-0.15, -0.1) is 23.2 Å². The number of phenols is 3. The summed E-state index contributed by atoms with van der Waals surface area (Å²) in [6, 6.07) is 5.17. The normalized spacial score (nSPS) is 33.7. The number of allylic oxidation sites excluding steroid dienone is 2.